The second kappa shape index (κ2) is 6.99. The molecule has 0 fully saturated rings. The molecule has 0 spiro atoms. The molecule has 142 valence electrons. The van der Waals surface area contributed by atoms with E-state index in [4.69, 9.17) is 4.74 Å². The van der Waals surface area contributed by atoms with E-state index in [1.165, 1.54) is 0 Å². The molecule has 1 N–H and O–H groups in total. The topological polar surface area (TPSA) is 81.4 Å². The molecule has 3 aromatic heterocycles. The smallest absolute Gasteiger partial charge is 0.255 e. The van der Waals surface area contributed by atoms with E-state index in [-0.39, 0.29) is 5.91 Å². The number of aromatic nitrogens is 4. The molecule has 0 radical (unpaired) electrons. The van der Waals surface area contributed by atoms with Crippen molar-refractivity contribution in [2.45, 2.75) is 0 Å². The van der Waals surface area contributed by atoms with Crippen LogP contribution in [-0.2, 0) is 0 Å². The van der Waals surface area contributed by atoms with Gasteiger partial charge in [0.2, 0.25) is 0 Å². The molecule has 0 atom stereocenters. The largest absolute Gasteiger partial charge is 0.495 e. The van der Waals surface area contributed by atoms with Crippen molar-refractivity contribution >= 4 is 40.0 Å². The van der Waals surface area contributed by atoms with Crippen LogP contribution < -0.4 is 10.1 Å². The van der Waals surface area contributed by atoms with Crippen molar-refractivity contribution in [3.05, 3.63) is 72.6 Å². The fraction of sp³-hybridized carbons (Fsp3) is 0.0476. The molecule has 0 bridgehead atoms. The van der Waals surface area contributed by atoms with E-state index in [0.717, 1.165) is 34.1 Å². The standard InChI is InChI=1S/C21H15N5O2S/c1-28-19-8-6-13(18-12-26-9-3-2-4-20(26)22-18)10-17(19)23-21(27)14-5-7-15-16(11-14)25-29-24-15/h2-12H,1H3,(H,23,27). The van der Waals surface area contributed by atoms with Crippen LogP contribution in [-0.4, -0.2) is 31.1 Å². The van der Waals surface area contributed by atoms with Gasteiger partial charge in [0.05, 0.1) is 30.2 Å². The molecule has 8 heteroatoms. The molecule has 7 nitrogen and oxygen atoms in total. The Morgan fingerprint density at radius 3 is 2.83 bits per heavy atom. The molecule has 0 aliphatic heterocycles. The number of rotatable bonds is 4. The van der Waals surface area contributed by atoms with Gasteiger partial charge in [-0.05, 0) is 48.5 Å². The number of ether oxygens (including phenoxy) is 1. The van der Waals surface area contributed by atoms with Crippen LogP contribution in [0.1, 0.15) is 10.4 Å². The zero-order valence-electron chi connectivity index (χ0n) is 15.4. The summed E-state index contributed by atoms with van der Waals surface area (Å²) in [6.07, 6.45) is 3.90. The number of anilines is 1. The number of hydrogen-bond donors (Lipinski definition) is 1. The van der Waals surface area contributed by atoms with Gasteiger partial charge in [0.25, 0.3) is 5.91 Å². The first-order valence-electron chi connectivity index (χ1n) is 8.87. The maximum Gasteiger partial charge on any atom is 0.255 e. The molecule has 5 rings (SSSR count). The van der Waals surface area contributed by atoms with Crippen molar-refractivity contribution in [2.75, 3.05) is 12.4 Å². The van der Waals surface area contributed by atoms with Gasteiger partial charge in [-0.2, -0.15) is 8.75 Å². The van der Waals surface area contributed by atoms with Crippen molar-refractivity contribution in [1.82, 2.24) is 18.1 Å². The summed E-state index contributed by atoms with van der Waals surface area (Å²) in [5.41, 5.74) is 5.10. The lowest BCUT2D eigenvalue weighted by Gasteiger charge is -2.11. The Balaban J connectivity index is 1.49. The van der Waals surface area contributed by atoms with E-state index in [1.54, 1.807) is 25.3 Å². The number of amides is 1. The minimum absolute atomic E-state index is 0.245. The number of imidazole rings is 1. The summed E-state index contributed by atoms with van der Waals surface area (Å²) in [7, 11) is 1.57. The highest BCUT2D eigenvalue weighted by atomic mass is 32.1. The van der Waals surface area contributed by atoms with Crippen LogP contribution in [0.4, 0.5) is 5.69 Å². The van der Waals surface area contributed by atoms with Crippen LogP contribution in [0, 0.1) is 0 Å². The highest BCUT2D eigenvalue weighted by Crippen LogP contribution is 2.31. The number of carbonyl (C=O) groups is 1. The third kappa shape index (κ3) is 3.19. The van der Waals surface area contributed by atoms with Crippen LogP contribution in [0.2, 0.25) is 0 Å². The highest BCUT2D eigenvalue weighted by molar-refractivity contribution is 7.00. The van der Waals surface area contributed by atoms with Crippen LogP contribution >= 0.6 is 11.7 Å². The van der Waals surface area contributed by atoms with Gasteiger partial charge in [-0.15, -0.1) is 0 Å². The Hall–Kier alpha value is -3.78. The van der Waals surface area contributed by atoms with E-state index in [2.05, 4.69) is 19.0 Å². The van der Waals surface area contributed by atoms with Gasteiger partial charge in [-0.3, -0.25) is 4.79 Å². The summed E-state index contributed by atoms with van der Waals surface area (Å²) in [4.78, 5) is 17.4. The van der Waals surface area contributed by atoms with Crippen LogP contribution in [0.15, 0.2) is 67.0 Å². The lowest BCUT2D eigenvalue weighted by atomic mass is 10.1. The van der Waals surface area contributed by atoms with Gasteiger partial charge < -0.3 is 14.5 Å². The molecule has 0 saturated carbocycles. The second-order valence-electron chi connectivity index (χ2n) is 6.43. The number of pyridine rings is 1. The molecule has 0 saturated heterocycles. The summed E-state index contributed by atoms with van der Waals surface area (Å²) in [5.74, 6) is 0.326. The molecule has 29 heavy (non-hydrogen) atoms. The molecule has 0 aliphatic carbocycles. The van der Waals surface area contributed by atoms with Crippen molar-refractivity contribution in [3.63, 3.8) is 0 Å². The van der Waals surface area contributed by atoms with Crippen molar-refractivity contribution in [3.8, 4) is 17.0 Å². The predicted molar refractivity (Wildman–Crippen MR) is 113 cm³/mol. The quantitative estimate of drug-likeness (QED) is 0.486. The monoisotopic (exact) mass is 401 g/mol. The number of fused-ring (bicyclic) bond motifs is 2. The molecule has 3 heterocycles. The van der Waals surface area contributed by atoms with Crippen LogP contribution in [0.5, 0.6) is 5.75 Å². The Morgan fingerprint density at radius 1 is 1.07 bits per heavy atom. The normalized spacial score (nSPS) is 11.1. The van der Waals surface area contributed by atoms with Gasteiger partial charge in [-0.25, -0.2) is 4.98 Å². The van der Waals surface area contributed by atoms with Crippen molar-refractivity contribution in [1.29, 1.82) is 0 Å². The molecular formula is C21H15N5O2S. The Kier molecular flexibility index (Phi) is 4.18. The van der Waals surface area contributed by atoms with Gasteiger partial charge in [0.1, 0.15) is 22.4 Å². The number of carbonyl (C=O) groups excluding carboxylic acids is 1. The lowest BCUT2D eigenvalue weighted by molar-refractivity contribution is 0.102. The summed E-state index contributed by atoms with van der Waals surface area (Å²) >= 11 is 1.12. The van der Waals surface area contributed by atoms with E-state index < -0.39 is 0 Å². The number of nitrogens with zero attached hydrogens (tertiary/aromatic N) is 4. The predicted octanol–water partition coefficient (Wildman–Crippen LogP) is 4.27. The summed E-state index contributed by atoms with van der Waals surface area (Å²) < 4.78 is 15.7. The SMILES string of the molecule is COc1ccc(-c2cn3ccccc3n2)cc1NC(=O)c1ccc2nsnc2c1. The summed E-state index contributed by atoms with van der Waals surface area (Å²) in [5, 5.41) is 2.94. The number of nitrogens with one attached hydrogen (secondary N) is 1. The van der Waals surface area contributed by atoms with Crippen LogP contribution in [0.25, 0.3) is 27.9 Å². The van der Waals surface area contributed by atoms with E-state index >= 15 is 0 Å². The molecule has 2 aromatic carbocycles. The van der Waals surface area contributed by atoms with Crippen LogP contribution in [0.3, 0.4) is 0 Å². The second-order valence-corrected chi connectivity index (χ2v) is 6.96. The number of benzene rings is 2. The minimum atomic E-state index is -0.245. The fourth-order valence-corrected chi connectivity index (χ4v) is 3.67. The van der Waals surface area contributed by atoms with E-state index in [9.17, 15) is 4.79 Å². The summed E-state index contributed by atoms with van der Waals surface area (Å²) in [6, 6.07) is 16.7. The first kappa shape index (κ1) is 17.3. The Bertz CT molecular complexity index is 1320. The first-order chi connectivity index (χ1) is 14.2. The lowest BCUT2D eigenvalue weighted by Crippen LogP contribution is -2.12. The van der Waals surface area contributed by atoms with Gasteiger partial charge in [0.15, 0.2) is 0 Å². The Morgan fingerprint density at radius 2 is 1.97 bits per heavy atom. The summed E-state index contributed by atoms with van der Waals surface area (Å²) in [6.45, 7) is 0. The van der Waals surface area contributed by atoms with E-state index in [0.29, 0.717) is 22.5 Å². The van der Waals surface area contributed by atoms with Gasteiger partial charge in [0, 0.05) is 23.5 Å². The fourth-order valence-electron chi connectivity index (χ4n) is 3.16. The highest BCUT2D eigenvalue weighted by Gasteiger charge is 2.14. The molecular weight excluding hydrogens is 386 g/mol. The third-order valence-electron chi connectivity index (χ3n) is 4.62. The van der Waals surface area contributed by atoms with Gasteiger partial charge >= 0.3 is 0 Å². The van der Waals surface area contributed by atoms with Gasteiger partial charge in [-0.1, -0.05) is 6.07 Å². The number of methoxy groups -OCH3 is 1. The van der Waals surface area contributed by atoms with E-state index in [1.807, 2.05) is 53.2 Å². The maximum absolute atomic E-state index is 12.8. The van der Waals surface area contributed by atoms with Crippen molar-refractivity contribution in [2.24, 2.45) is 0 Å². The zero-order valence-corrected chi connectivity index (χ0v) is 16.2. The molecule has 0 unspecified atom stereocenters. The molecule has 0 aliphatic rings. The van der Waals surface area contributed by atoms with Crippen molar-refractivity contribution < 1.29 is 9.53 Å². The molecule has 1 amide bonds. The minimum Gasteiger partial charge on any atom is -0.495 e. The number of hydrogen-bond acceptors (Lipinski definition) is 6. The first-order valence-corrected chi connectivity index (χ1v) is 9.60. The zero-order chi connectivity index (χ0) is 19.8. The Labute approximate surface area is 169 Å². The third-order valence-corrected chi connectivity index (χ3v) is 5.18. The average Bonchev–Trinajstić information content (AvgIpc) is 3.39. The maximum atomic E-state index is 12.8. The molecule has 5 aromatic rings. The average molecular weight is 401 g/mol.